The molecule has 0 heterocycles. The molecule has 2 aromatic rings. The summed E-state index contributed by atoms with van der Waals surface area (Å²) in [6.45, 7) is 2.72. The molecular weight excluding hydrogens is 420 g/mol. The highest BCUT2D eigenvalue weighted by Gasteiger charge is 2.46. The van der Waals surface area contributed by atoms with Crippen LogP contribution in [0.2, 0.25) is 6.04 Å². The minimum Gasteiger partial charge on any atom is -0.508 e. The highest BCUT2D eigenvalue weighted by Crippen LogP contribution is 2.21. The first-order valence-electron chi connectivity index (χ1n) is 9.87. The van der Waals surface area contributed by atoms with E-state index in [1.807, 2.05) is 0 Å². The number of hydrogen-bond acceptors (Lipinski definition) is 8. The molecule has 0 aromatic heterocycles. The van der Waals surface area contributed by atoms with Crippen molar-refractivity contribution < 1.29 is 38.2 Å². The zero-order chi connectivity index (χ0) is 22.9. The molecule has 2 rings (SSSR count). The van der Waals surface area contributed by atoms with E-state index in [0.29, 0.717) is 36.1 Å². The molecule has 0 spiro atoms. The van der Waals surface area contributed by atoms with Crippen molar-refractivity contribution in [3.63, 3.8) is 0 Å². The molecule has 0 aliphatic carbocycles. The summed E-state index contributed by atoms with van der Waals surface area (Å²) in [7, 11) is -3.40. The number of unbranched alkanes of at least 4 members (excludes halogenated alkanes) is 2. The molecule has 9 heteroatoms. The van der Waals surface area contributed by atoms with Gasteiger partial charge in [0, 0.05) is 25.1 Å². The molecule has 0 atom stereocenters. The van der Waals surface area contributed by atoms with Crippen molar-refractivity contribution in [1.29, 1.82) is 0 Å². The van der Waals surface area contributed by atoms with Crippen molar-refractivity contribution in [2.24, 2.45) is 0 Å². The second kappa shape index (κ2) is 11.2. The van der Waals surface area contributed by atoms with Crippen molar-refractivity contribution in [3.8, 4) is 11.5 Å². The van der Waals surface area contributed by atoms with Crippen LogP contribution >= 0.6 is 0 Å². The average molecular weight is 447 g/mol. The second-order valence-corrected chi connectivity index (χ2v) is 9.97. The van der Waals surface area contributed by atoms with Crippen LogP contribution in [0.5, 0.6) is 11.5 Å². The number of benzene rings is 2. The summed E-state index contributed by atoms with van der Waals surface area (Å²) in [5.41, 5.74) is 0.348. The van der Waals surface area contributed by atoms with E-state index >= 15 is 0 Å². The first-order chi connectivity index (χ1) is 14.7. The second-order valence-electron chi connectivity index (χ2n) is 6.98. The Bertz CT molecular complexity index is 877. The first kappa shape index (κ1) is 23.9. The Morgan fingerprint density at radius 2 is 1.29 bits per heavy atom. The molecule has 0 bridgehead atoms. The molecule has 0 aliphatic rings. The van der Waals surface area contributed by atoms with Gasteiger partial charge in [0.25, 0.3) is 11.9 Å². The van der Waals surface area contributed by atoms with Crippen LogP contribution in [0.3, 0.4) is 0 Å². The molecule has 2 N–H and O–H groups in total. The lowest BCUT2D eigenvalue weighted by Crippen LogP contribution is -2.55. The number of phenols is 2. The number of hydrogen-bond donors (Lipinski definition) is 2. The smallest absolute Gasteiger partial charge is 0.499 e. The fourth-order valence-corrected chi connectivity index (χ4v) is 6.14. The molecule has 0 saturated carbocycles. The van der Waals surface area contributed by atoms with Crippen LogP contribution in [0.4, 0.5) is 0 Å². The molecule has 8 nitrogen and oxygen atoms in total. The van der Waals surface area contributed by atoms with Crippen LogP contribution in [-0.4, -0.2) is 43.3 Å². The SMILES string of the molecule is CC(=O)O[Si](CCCCCOC(=O)c1ccc(O)cc1)(OC(C)=O)c1ccc(O)cc1. The maximum absolute atomic E-state index is 12.0. The summed E-state index contributed by atoms with van der Waals surface area (Å²) in [5.74, 6) is -1.47. The van der Waals surface area contributed by atoms with Gasteiger partial charge in [-0.1, -0.05) is 18.6 Å². The Balaban J connectivity index is 1.94. The summed E-state index contributed by atoms with van der Waals surface area (Å²) in [6, 6.07) is 12.2. The standard InChI is InChI=1S/C22H26O8Si/c1-16(23)29-31(30-17(2)24,21-12-10-20(26)11-13-21)15-5-3-4-14-28-22(27)18-6-8-19(25)9-7-18/h6-13,25-26H,3-5,14-15H2,1-2H3. The molecule has 0 aliphatic heterocycles. The predicted molar refractivity (Wildman–Crippen MR) is 114 cm³/mol. The third-order valence-electron chi connectivity index (χ3n) is 4.41. The van der Waals surface area contributed by atoms with Gasteiger partial charge in [0.15, 0.2) is 0 Å². The minimum atomic E-state index is -3.40. The lowest BCUT2D eigenvalue weighted by Gasteiger charge is -2.29. The van der Waals surface area contributed by atoms with E-state index in [2.05, 4.69) is 0 Å². The van der Waals surface area contributed by atoms with Gasteiger partial charge in [0.05, 0.1) is 12.2 Å². The van der Waals surface area contributed by atoms with E-state index in [0.717, 1.165) is 0 Å². The molecular formula is C22H26O8Si. The van der Waals surface area contributed by atoms with Crippen molar-refractivity contribution in [3.05, 3.63) is 54.1 Å². The van der Waals surface area contributed by atoms with Gasteiger partial charge in [0.1, 0.15) is 11.5 Å². The molecule has 2 aromatic carbocycles. The number of carbonyl (C=O) groups is 3. The van der Waals surface area contributed by atoms with Gasteiger partial charge in [-0.3, -0.25) is 9.59 Å². The maximum Gasteiger partial charge on any atom is 0.499 e. The van der Waals surface area contributed by atoms with Crippen LogP contribution in [-0.2, 0) is 23.2 Å². The fraction of sp³-hybridized carbons (Fsp3) is 0.318. The number of carbonyl (C=O) groups excluding carboxylic acids is 3. The normalized spacial score (nSPS) is 10.9. The van der Waals surface area contributed by atoms with Gasteiger partial charge in [-0.15, -0.1) is 0 Å². The van der Waals surface area contributed by atoms with Gasteiger partial charge in [0.2, 0.25) is 0 Å². The van der Waals surface area contributed by atoms with E-state index in [1.165, 1.54) is 50.2 Å². The van der Waals surface area contributed by atoms with Crippen LogP contribution in [0.25, 0.3) is 0 Å². The van der Waals surface area contributed by atoms with Crippen molar-refractivity contribution in [2.75, 3.05) is 6.61 Å². The van der Waals surface area contributed by atoms with Crippen molar-refractivity contribution in [1.82, 2.24) is 0 Å². The highest BCUT2D eigenvalue weighted by atomic mass is 28.4. The van der Waals surface area contributed by atoms with Crippen molar-refractivity contribution >= 4 is 31.7 Å². The molecule has 0 saturated heterocycles. The third kappa shape index (κ3) is 7.45. The highest BCUT2D eigenvalue weighted by molar-refractivity contribution is 6.83. The fourth-order valence-electron chi connectivity index (χ4n) is 3.05. The first-order valence-corrected chi connectivity index (χ1v) is 11.9. The number of phenolic OH excluding ortho intramolecular Hbond substituents is 2. The van der Waals surface area contributed by atoms with Gasteiger partial charge >= 0.3 is 14.5 Å². The molecule has 0 amide bonds. The Hall–Kier alpha value is -3.33. The van der Waals surface area contributed by atoms with E-state index < -0.39 is 26.5 Å². The third-order valence-corrected chi connectivity index (χ3v) is 7.87. The van der Waals surface area contributed by atoms with Crippen LogP contribution in [0, 0.1) is 0 Å². The summed E-state index contributed by atoms with van der Waals surface area (Å²) in [6.07, 6.45) is 1.80. The van der Waals surface area contributed by atoms with E-state index in [4.69, 9.17) is 13.6 Å². The molecule has 31 heavy (non-hydrogen) atoms. The van der Waals surface area contributed by atoms with Crippen LogP contribution in [0.1, 0.15) is 43.5 Å². The quantitative estimate of drug-likeness (QED) is 0.325. The van der Waals surface area contributed by atoms with E-state index in [-0.39, 0.29) is 18.1 Å². The zero-order valence-electron chi connectivity index (χ0n) is 17.5. The number of aromatic hydroxyl groups is 2. The van der Waals surface area contributed by atoms with Gasteiger partial charge in [-0.05, 0) is 49.2 Å². The largest absolute Gasteiger partial charge is 0.508 e. The lowest BCUT2D eigenvalue weighted by atomic mass is 10.2. The van der Waals surface area contributed by atoms with Gasteiger partial charge in [-0.25, -0.2) is 4.79 Å². The van der Waals surface area contributed by atoms with Crippen LogP contribution < -0.4 is 5.19 Å². The molecule has 0 fully saturated rings. The maximum atomic E-state index is 12.0. The van der Waals surface area contributed by atoms with E-state index in [9.17, 15) is 24.6 Å². The summed E-state index contributed by atoms with van der Waals surface area (Å²) in [5, 5.41) is 19.4. The molecule has 0 radical (unpaired) electrons. The minimum absolute atomic E-state index is 0.0488. The Labute approximate surface area is 181 Å². The Morgan fingerprint density at radius 1 is 0.774 bits per heavy atom. The number of esters is 1. The number of ether oxygens (including phenoxy) is 1. The summed E-state index contributed by atoms with van der Waals surface area (Å²) < 4.78 is 16.3. The topological polar surface area (TPSA) is 119 Å². The average Bonchev–Trinajstić information content (AvgIpc) is 2.70. The Morgan fingerprint density at radius 3 is 1.81 bits per heavy atom. The summed E-state index contributed by atoms with van der Waals surface area (Å²) in [4.78, 5) is 35.5. The lowest BCUT2D eigenvalue weighted by molar-refractivity contribution is -0.138. The molecule has 166 valence electrons. The van der Waals surface area contributed by atoms with Crippen LogP contribution in [0.15, 0.2) is 48.5 Å². The number of rotatable bonds is 10. The van der Waals surface area contributed by atoms with Gasteiger partial charge < -0.3 is 23.8 Å². The Kier molecular flexibility index (Phi) is 8.62. The monoisotopic (exact) mass is 446 g/mol. The summed E-state index contributed by atoms with van der Waals surface area (Å²) >= 11 is 0. The van der Waals surface area contributed by atoms with Crippen molar-refractivity contribution in [2.45, 2.75) is 39.2 Å². The predicted octanol–water partition coefficient (Wildman–Crippen LogP) is 2.90. The zero-order valence-corrected chi connectivity index (χ0v) is 18.5. The van der Waals surface area contributed by atoms with Gasteiger partial charge in [-0.2, -0.15) is 0 Å². The molecule has 0 unspecified atom stereocenters. The van der Waals surface area contributed by atoms with E-state index in [1.54, 1.807) is 12.1 Å².